The number of nitrogens with one attached hydrogen (secondary N) is 1. The van der Waals surface area contributed by atoms with E-state index in [4.69, 9.17) is 44.9 Å². The third kappa shape index (κ3) is 5.11. The van der Waals surface area contributed by atoms with Crippen molar-refractivity contribution in [2.45, 2.75) is 57.3 Å². The molecule has 0 saturated carbocycles. The second kappa shape index (κ2) is 10.5. The van der Waals surface area contributed by atoms with E-state index in [1.165, 1.54) is 0 Å². The van der Waals surface area contributed by atoms with Crippen molar-refractivity contribution < 1.29 is 9.90 Å². The van der Waals surface area contributed by atoms with Gasteiger partial charge in [-0.05, 0) is 56.5 Å². The number of nitrogens with zero attached hydrogens (tertiary/aromatic N) is 5. The summed E-state index contributed by atoms with van der Waals surface area (Å²) >= 11 is 19.9. The van der Waals surface area contributed by atoms with Gasteiger partial charge in [-0.2, -0.15) is 4.98 Å². The van der Waals surface area contributed by atoms with Crippen LogP contribution < -0.4 is 10.2 Å². The maximum Gasteiger partial charge on any atom is 0.304 e. The number of piperidine rings is 1. The summed E-state index contributed by atoms with van der Waals surface area (Å²) in [5.41, 5.74) is 1.94. The molecule has 3 aliphatic rings. The second-order valence-corrected chi connectivity index (χ2v) is 11.3. The van der Waals surface area contributed by atoms with E-state index < -0.39 is 5.97 Å². The first-order valence-electron chi connectivity index (χ1n) is 12.5. The topological polar surface area (TPSA) is 84.8 Å². The summed E-state index contributed by atoms with van der Waals surface area (Å²) in [6.07, 6.45) is 3.96. The smallest absolute Gasteiger partial charge is 0.304 e. The minimum absolute atomic E-state index is 0.0709. The zero-order valence-corrected chi connectivity index (χ0v) is 22.7. The highest BCUT2D eigenvalue weighted by atomic mass is 35.5. The first-order valence-corrected chi connectivity index (χ1v) is 13.6. The van der Waals surface area contributed by atoms with Crippen molar-refractivity contribution in [1.82, 2.24) is 19.8 Å². The molecule has 2 aromatic rings. The largest absolute Gasteiger partial charge is 0.481 e. The van der Waals surface area contributed by atoms with Crippen LogP contribution in [0.3, 0.4) is 0 Å². The van der Waals surface area contributed by atoms with Crippen molar-refractivity contribution in [3.8, 4) is 0 Å². The molecule has 8 nitrogen and oxygen atoms in total. The number of aromatic nitrogens is 2. The molecule has 1 aromatic carbocycles. The van der Waals surface area contributed by atoms with Gasteiger partial charge in [0.1, 0.15) is 5.02 Å². The highest BCUT2D eigenvalue weighted by Gasteiger charge is 2.40. The third-order valence-electron chi connectivity index (χ3n) is 7.66. The lowest BCUT2D eigenvalue weighted by Gasteiger charge is -2.50. The van der Waals surface area contributed by atoms with Crippen molar-refractivity contribution in [3.63, 3.8) is 0 Å². The van der Waals surface area contributed by atoms with Crippen molar-refractivity contribution in [3.05, 3.63) is 44.5 Å². The predicted octanol–water partition coefficient (Wildman–Crippen LogP) is 5.11. The maximum absolute atomic E-state index is 11.1. The molecule has 1 unspecified atom stereocenters. The molecule has 194 valence electrons. The number of carboxylic acids is 1. The van der Waals surface area contributed by atoms with Crippen molar-refractivity contribution in [2.24, 2.45) is 0 Å². The molecule has 4 heterocycles. The number of carboxylic acid groups (broad SMARTS) is 1. The van der Waals surface area contributed by atoms with Gasteiger partial charge in [-0.1, -0.05) is 34.8 Å². The molecule has 0 radical (unpaired) electrons. The zero-order valence-electron chi connectivity index (χ0n) is 20.4. The minimum Gasteiger partial charge on any atom is -0.481 e. The van der Waals surface area contributed by atoms with Crippen LogP contribution in [0, 0.1) is 0 Å². The Kier molecular flexibility index (Phi) is 7.52. The van der Waals surface area contributed by atoms with Crippen LogP contribution in [-0.2, 0) is 4.79 Å². The Labute approximate surface area is 226 Å². The predicted molar refractivity (Wildman–Crippen MR) is 144 cm³/mol. The fraction of sp³-hybridized carbons (Fsp3) is 0.560. The fourth-order valence-corrected chi connectivity index (χ4v) is 6.62. The van der Waals surface area contributed by atoms with Gasteiger partial charge >= 0.3 is 5.97 Å². The molecule has 0 amide bonds. The second-order valence-electron chi connectivity index (χ2n) is 10.1. The van der Waals surface area contributed by atoms with Gasteiger partial charge in [0, 0.05) is 48.3 Å². The van der Waals surface area contributed by atoms with Gasteiger partial charge in [-0.25, -0.2) is 4.98 Å². The van der Waals surface area contributed by atoms with E-state index in [1.807, 2.05) is 13.0 Å². The molecule has 5 rings (SSSR count). The minimum atomic E-state index is -0.750. The van der Waals surface area contributed by atoms with Crippen LogP contribution in [-0.4, -0.2) is 75.7 Å². The van der Waals surface area contributed by atoms with Crippen LogP contribution in [0.15, 0.2) is 18.3 Å². The van der Waals surface area contributed by atoms with Gasteiger partial charge < -0.3 is 20.2 Å². The quantitative estimate of drug-likeness (QED) is 0.540. The molecule has 4 atom stereocenters. The van der Waals surface area contributed by atoms with E-state index in [1.54, 1.807) is 6.20 Å². The lowest BCUT2D eigenvalue weighted by Crippen LogP contribution is -2.60. The molecular formula is C25H31Cl3N6O2. The number of anilines is 2. The Balaban J connectivity index is 1.51. The molecule has 2 N–H and O–H groups in total. The Hall–Kier alpha value is -1.84. The van der Waals surface area contributed by atoms with Crippen LogP contribution in [0.25, 0.3) is 0 Å². The monoisotopic (exact) mass is 552 g/mol. The Morgan fingerprint density at radius 3 is 2.67 bits per heavy atom. The van der Waals surface area contributed by atoms with Crippen molar-refractivity contribution in [1.29, 1.82) is 0 Å². The van der Waals surface area contributed by atoms with E-state index in [2.05, 4.69) is 38.0 Å². The molecule has 3 aliphatic heterocycles. The third-order valence-corrected chi connectivity index (χ3v) is 8.59. The molecule has 36 heavy (non-hydrogen) atoms. The number of carbonyl (C=O) groups is 1. The standard InChI is InChI=1S/C25H31Cl3N6O2/c1-14-11-34-22(13-33(14)16-4-3-6-32(12-16)7-5-23(35)36)18-8-17(19(26)9-20(18)27)15(2)30-24-21(28)10-29-25(34)31-24/h8-10,14-16,22H,3-7,11-13H2,1-2H3,(H,35,36)(H,29,30,31)/t14-,15-,16?,22-/m1/s1. The lowest BCUT2D eigenvalue weighted by atomic mass is 9.93. The highest BCUT2D eigenvalue weighted by Crippen LogP contribution is 2.41. The molecule has 11 heteroatoms. The summed E-state index contributed by atoms with van der Waals surface area (Å²) in [4.78, 5) is 27.6. The molecule has 0 spiro atoms. The zero-order chi connectivity index (χ0) is 25.6. The van der Waals surface area contributed by atoms with E-state index in [0.717, 1.165) is 50.1 Å². The molecule has 2 saturated heterocycles. The van der Waals surface area contributed by atoms with Crippen molar-refractivity contribution >= 4 is 52.5 Å². The highest BCUT2D eigenvalue weighted by molar-refractivity contribution is 6.35. The van der Waals surface area contributed by atoms with E-state index in [9.17, 15) is 4.79 Å². The number of likely N-dealkylation sites (tertiary alicyclic amines) is 1. The van der Waals surface area contributed by atoms with Gasteiger partial charge in [-0.15, -0.1) is 0 Å². The number of halogens is 3. The Morgan fingerprint density at radius 1 is 1.11 bits per heavy atom. The number of fused-ring (bicyclic) bond motifs is 7. The average Bonchev–Trinajstić information content (AvgIpc) is 2.84. The first-order chi connectivity index (χ1) is 17.2. The Morgan fingerprint density at radius 2 is 1.89 bits per heavy atom. The first kappa shape index (κ1) is 25.8. The van der Waals surface area contributed by atoms with Crippen molar-refractivity contribution in [2.75, 3.05) is 42.9 Å². The molecule has 0 aliphatic carbocycles. The van der Waals surface area contributed by atoms with Crippen LogP contribution in [0.5, 0.6) is 0 Å². The number of hydrogen-bond acceptors (Lipinski definition) is 7. The summed E-state index contributed by atoms with van der Waals surface area (Å²) in [5, 5.41) is 14.2. The van der Waals surface area contributed by atoms with Gasteiger partial charge in [0.2, 0.25) is 5.95 Å². The summed E-state index contributed by atoms with van der Waals surface area (Å²) in [6.45, 7) is 8.13. The van der Waals surface area contributed by atoms with Crippen LogP contribution in [0.1, 0.15) is 56.3 Å². The summed E-state index contributed by atoms with van der Waals surface area (Å²) in [5.74, 6) is 0.450. The summed E-state index contributed by atoms with van der Waals surface area (Å²) in [7, 11) is 0. The van der Waals surface area contributed by atoms with Crippen LogP contribution >= 0.6 is 34.8 Å². The summed E-state index contributed by atoms with van der Waals surface area (Å²) < 4.78 is 0. The molecule has 4 bridgehead atoms. The lowest BCUT2D eigenvalue weighted by molar-refractivity contribution is -0.137. The van der Waals surface area contributed by atoms with Gasteiger partial charge in [0.15, 0.2) is 5.82 Å². The molecule has 2 fully saturated rings. The van der Waals surface area contributed by atoms with E-state index in [-0.39, 0.29) is 24.5 Å². The fourth-order valence-electron chi connectivity index (χ4n) is 5.80. The van der Waals surface area contributed by atoms with Gasteiger partial charge in [-0.3, -0.25) is 9.69 Å². The normalized spacial score (nSPS) is 26.8. The van der Waals surface area contributed by atoms with Gasteiger partial charge in [0.25, 0.3) is 0 Å². The van der Waals surface area contributed by atoms with Gasteiger partial charge in [0.05, 0.1) is 24.7 Å². The average molecular weight is 554 g/mol. The van der Waals surface area contributed by atoms with E-state index >= 15 is 0 Å². The number of piperazine rings is 1. The Bertz CT molecular complexity index is 1150. The van der Waals surface area contributed by atoms with Crippen LogP contribution in [0.4, 0.5) is 11.8 Å². The molecule has 1 aromatic heterocycles. The number of aliphatic carboxylic acids is 1. The number of hydrogen-bond donors (Lipinski definition) is 2. The molecular weight excluding hydrogens is 523 g/mol. The maximum atomic E-state index is 11.1. The summed E-state index contributed by atoms with van der Waals surface area (Å²) in [6, 6.07) is 4.33. The van der Waals surface area contributed by atoms with Crippen LogP contribution in [0.2, 0.25) is 15.1 Å². The number of benzene rings is 1. The van der Waals surface area contributed by atoms with E-state index in [0.29, 0.717) is 39.4 Å². The SMILES string of the molecule is C[C@@H]1CN2c3ncc(Cl)c(n3)N[C@H](C)c3cc(c(Cl)cc3Cl)[C@H]2CN1C1CCCN(CCC(=O)O)C1. The number of rotatable bonds is 4.